The van der Waals surface area contributed by atoms with Gasteiger partial charge in [0.25, 0.3) is 0 Å². The van der Waals surface area contributed by atoms with Crippen molar-refractivity contribution in [2.45, 2.75) is 162 Å². The molecule has 4 aliphatic carbocycles. The summed E-state index contributed by atoms with van der Waals surface area (Å²) in [5, 5.41) is 65.0. The van der Waals surface area contributed by atoms with Crippen molar-refractivity contribution in [1.29, 1.82) is 0 Å². The summed E-state index contributed by atoms with van der Waals surface area (Å²) in [6, 6.07) is 0. The summed E-state index contributed by atoms with van der Waals surface area (Å²) in [4.78, 5) is 0. The highest BCUT2D eigenvalue weighted by molar-refractivity contribution is 5.20. The van der Waals surface area contributed by atoms with Crippen molar-refractivity contribution in [3.8, 4) is 0 Å². The van der Waals surface area contributed by atoms with Gasteiger partial charge in [0.1, 0.15) is 24.4 Å². The van der Waals surface area contributed by atoms with Gasteiger partial charge in [0.15, 0.2) is 6.29 Å². The van der Waals surface area contributed by atoms with Crippen LogP contribution in [0.4, 0.5) is 0 Å². The third-order valence-electron chi connectivity index (χ3n) is 14.6. The molecule has 0 unspecified atom stereocenters. The molecular formula is C36H64O9. The Balaban J connectivity index is 0.00000461. The lowest BCUT2D eigenvalue weighted by Crippen LogP contribution is -2.67. The Hall–Kier alpha value is -0.620. The van der Waals surface area contributed by atoms with Crippen molar-refractivity contribution in [3.63, 3.8) is 0 Å². The Morgan fingerprint density at radius 2 is 1.51 bits per heavy atom. The summed E-state index contributed by atoms with van der Waals surface area (Å²) < 4.78 is 12.6. The lowest BCUT2D eigenvalue weighted by atomic mass is 9.35. The smallest absolute Gasteiger partial charge is 0.187 e. The van der Waals surface area contributed by atoms with E-state index in [0.717, 1.165) is 51.4 Å². The molecule has 15 atom stereocenters. The van der Waals surface area contributed by atoms with Gasteiger partial charge in [0.2, 0.25) is 0 Å². The van der Waals surface area contributed by atoms with Crippen LogP contribution < -0.4 is 0 Å². The monoisotopic (exact) mass is 640 g/mol. The van der Waals surface area contributed by atoms with Crippen molar-refractivity contribution < 1.29 is 45.6 Å². The largest absolute Gasteiger partial charge is 0.412 e. The highest BCUT2D eigenvalue weighted by Gasteiger charge is 2.71. The molecular weight excluding hydrogens is 576 g/mol. The molecule has 45 heavy (non-hydrogen) atoms. The molecule has 262 valence electrons. The first-order chi connectivity index (χ1) is 20.4. The molecule has 9 heteroatoms. The minimum absolute atomic E-state index is 0. The van der Waals surface area contributed by atoms with Crippen LogP contribution in [-0.2, 0) is 9.47 Å². The molecule has 9 nitrogen and oxygen atoms in total. The van der Waals surface area contributed by atoms with Gasteiger partial charge in [-0.15, -0.1) is 0 Å². The van der Waals surface area contributed by atoms with Crippen molar-refractivity contribution in [1.82, 2.24) is 0 Å². The summed E-state index contributed by atoms with van der Waals surface area (Å²) in [6.45, 7) is 17.5. The molecule has 4 saturated carbocycles. The van der Waals surface area contributed by atoms with Crippen molar-refractivity contribution in [3.05, 3.63) is 11.6 Å². The standard InChI is InChI=1S/C36H62O8.H2O/c1-20(2)10-9-14-36(8,44-31-30(42)29(41)28(40)23(19-37)43-31)21-11-16-35(7)27(21)22(38)18-25-33(5)15-13-26(39)32(3,4)24(33)12-17-34(25,35)6;/h10,21-31,37-42H,9,11-19H2,1-8H3;1H2/t21-,22+,23+,24-,25+,26-,27-,28+,29-,30+,31-,33-,34+,35+,36-;/m0./s1. The second-order valence-corrected chi connectivity index (χ2v) is 17.3. The summed E-state index contributed by atoms with van der Waals surface area (Å²) in [6.07, 6.45) is 2.60. The number of hydrogen-bond acceptors (Lipinski definition) is 8. The Bertz CT molecular complexity index is 1070. The van der Waals surface area contributed by atoms with Crippen LogP contribution in [-0.4, -0.2) is 91.2 Å². The molecule has 0 amide bonds. The maximum Gasteiger partial charge on any atom is 0.187 e. The van der Waals surface area contributed by atoms with Crippen LogP contribution >= 0.6 is 0 Å². The fourth-order valence-electron chi connectivity index (χ4n) is 11.8. The van der Waals surface area contributed by atoms with E-state index >= 15 is 0 Å². The maximum atomic E-state index is 12.2. The number of ether oxygens (including phenoxy) is 2. The predicted molar refractivity (Wildman–Crippen MR) is 172 cm³/mol. The fourth-order valence-corrected chi connectivity index (χ4v) is 11.8. The molecule has 0 bridgehead atoms. The molecule has 0 aromatic rings. The Labute approximate surface area is 270 Å². The molecule has 0 radical (unpaired) electrons. The zero-order chi connectivity index (χ0) is 32.6. The molecule has 5 fully saturated rings. The van der Waals surface area contributed by atoms with Gasteiger partial charge in [-0.3, -0.25) is 0 Å². The van der Waals surface area contributed by atoms with Gasteiger partial charge < -0.3 is 45.6 Å². The third-order valence-corrected chi connectivity index (χ3v) is 14.6. The SMILES string of the molecule is CC(C)=CCC[C@](C)(O[C@@H]1O[C@H](CO)[C@@H](O)[C@H](O)[C@H]1O)[C@H]1CC[C@]2(C)[C@@H]1[C@H](O)C[C@@H]1[C@@]3(C)CC[C@H](O)C(C)(C)[C@@H]3CC[C@]12C.O. The van der Waals surface area contributed by atoms with E-state index in [1.165, 1.54) is 5.57 Å². The van der Waals surface area contributed by atoms with Gasteiger partial charge in [-0.05, 0) is 124 Å². The third kappa shape index (κ3) is 5.68. The molecule has 8 N–H and O–H groups in total. The summed E-state index contributed by atoms with van der Waals surface area (Å²) >= 11 is 0. The highest BCUT2D eigenvalue weighted by Crippen LogP contribution is 2.76. The van der Waals surface area contributed by atoms with Crippen LogP contribution in [0.5, 0.6) is 0 Å². The number of aliphatic hydroxyl groups excluding tert-OH is 6. The first-order valence-electron chi connectivity index (χ1n) is 17.3. The average Bonchev–Trinajstić information content (AvgIpc) is 3.33. The van der Waals surface area contributed by atoms with Crippen molar-refractivity contribution in [2.24, 2.45) is 45.3 Å². The van der Waals surface area contributed by atoms with Crippen LogP contribution in [0.2, 0.25) is 0 Å². The fraction of sp³-hybridized carbons (Fsp3) is 0.944. The number of fused-ring (bicyclic) bond motifs is 5. The Morgan fingerprint density at radius 1 is 0.867 bits per heavy atom. The topological polar surface area (TPSA) is 171 Å². The molecule has 5 aliphatic rings. The van der Waals surface area contributed by atoms with Gasteiger partial charge in [0.05, 0.1) is 24.4 Å². The predicted octanol–water partition coefficient (Wildman–Crippen LogP) is 3.50. The number of aliphatic hydroxyl groups is 6. The molecule has 1 saturated heterocycles. The van der Waals surface area contributed by atoms with E-state index in [0.29, 0.717) is 18.3 Å². The van der Waals surface area contributed by atoms with E-state index in [-0.39, 0.29) is 45.1 Å². The number of hydrogen-bond donors (Lipinski definition) is 6. The molecule has 1 aliphatic heterocycles. The normalized spacial score (nSPS) is 50.3. The average molecular weight is 641 g/mol. The van der Waals surface area contributed by atoms with E-state index in [1.807, 2.05) is 0 Å². The summed E-state index contributed by atoms with van der Waals surface area (Å²) in [7, 11) is 0. The highest BCUT2D eigenvalue weighted by atomic mass is 16.7. The van der Waals surface area contributed by atoms with Crippen molar-refractivity contribution in [2.75, 3.05) is 6.61 Å². The van der Waals surface area contributed by atoms with Crippen molar-refractivity contribution >= 4 is 0 Å². The second-order valence-electron chi connectivity index (χ2n) is 17.3. The van der Waals surface area contributed by atoms with Crippen LogP contribution in [0.25, 0.3) is 0 Å². The second kappa shape index (κ2) is 12.7. The molecule has 0 spiro atoms. The minimum atomic E-state index is -1.50. The molecule has 5 rings (SSSR count). The minimum Gasteiger partial charge on any atom is -0.412 e. The molecule has 0 aromatic heterocycles. The van der Waals surface area contributed by atoms with Gasteiger partial charge in [-0.25, -0.2) is 0 Å². The van der Waals surface area contributed by atoms with Crippen LogP contribution in [0, 0.1) is 45.3 Å². The molecule has 0 aromatic carbocycles. The Kier molecular flexibility index (Phi) is 10.5. The van der Waals surface area contributed by atoms with Gasteiger partial charge in [0, 0.05) is 0 Å². The lowest BCUT2D eigenvalue weighted by Gasteiger charge is -2.70. The first-order valence-corrected chi connectivity index (χ1v) is 17.3. The summed E-state index contributed by atoms with van der Waals surface area (Å²) in [5.41, 5.74) is 0.171. The first kappa shape index (κ1) is 37.2. The van der Waals surface area contributed by atoms with Crippen LogP contribution in [0.3, 0.4) is 0 Å². The summed E-state index contributed by atoms with van der Waals surface area (Å²) in [5.74, 6) is 0.713. The van der Waals surface area contributed by atoms with E-state index < -0.39 is 49.0 Å². The van der Waals surface area contributed by atoms with Gasteiger partial charge in [-0.1, -0.05) is 46.3 Å². The maximum absolute atomic E-state index is 12.2. The van der Waals surface area contributed by atoms with E-state index in [1.54, 1.807) is 0 Å². The zero-order valence-corrected chi connectivity index (χ0v) is 29.0. The van der Waals surface area contributed by atoms with Gasteiger partial charge >= 0.3 is 0 Å². The quantitative estimate of drug-likeness (QED) is 0.230. The van der Waals surface area contributed by atoms with E-state index in [9.17, 15) is 30.6 Å². The van der Waals surface area contributed by atoms with Crippen LogP contribution in [0.15, 0.2) is 11.6 Å². The number of rotatable bonds is 7. The van der Waals surface area contributed by atoms with Gasteiger partial charge in [-0.2, -0.15) is 0 Å². The molecule has 1 heterocycles. The Morgan fingerprint density at radius 3 is 2.13 bits per heavy atom. The van der Waals surface area contributed by atoms with E-state index in [2.05, 4.69) is 61.5 Å². The van der Waals surface area contributed by atoms with Crippen LogP contribution in [0.1, 0.15) is 113 Å². The lowest BCUT2D eigenvalue weighted by molar-refractivity contribution is -0.336. The zero-order valence-electron chi connectivity index (χ0n) is 29.0. The van der Waals surface area contributed by atoms with E-state index in [4.69, 9.17) is 9.47 Å². The number of allylic oxidation sites excluding steroid dienone is 2.